The molecule has 70 valence electrons. The quantitative estimate of drug-likeness (QED) is 0.706. The third-order valence-corrected chi connectivity index (χ3v) is 2.49. The maximum absolute atomic E-state index is 5.72. The molecule has 0 saturated carbocycles. The molecule has 2 nitrogen and oxygen atoms in total. The van der Waals surface area contributed by atoms with Gasteiger partial charge in [0, 0.05) is 13.0 Å². The minimum atomic E-state index is 0.190. The number of rotatable bonds is 1. The van der Waals surface area contributed by atoms with Crippen LogP contribution >= 0.6 is 0 Å². The predicted molar refractivity (Wildman–Crippen MR) is 53.1 cm³/mol. The molecule has 1 aromatic carbocycles. The molecule has 1 unspecified atom stereocenters. The van der Waals surface area contributed by atoms with Crippen LogP contribution in [0.1, 0.15) is 16.7 Å². The molecule has 0 amide bonds. The molecular formula is C11H15NO. The Balaban J connectivity index is 2.40. The van der Waals surface area contributed by atoms with Gasteiger partial charge in [0.1, 0.15) is 11.9 Å². The lowest BCUT2D eigenvalue weighted by Gasteiger charge is -2.08. The summed E-state index contributed by atoms with van der Waals surface area (Å²) in [5.41, 5.74) is 9.42. The Morgan fingerprint density at radius 1 is 1.46 bits per heavy atom. The first-order valence-electron chi connectivity index (χ1n) is 4.67. The van der Waals surface area contributed by atoms with Crippen molar-refractivity contribution in [3.8, 4) is 5.75 Å². The Bertz CT molecular complexity index is 333. The van der Waals surface area contributed by atoms with Crippen LogP contribution in [0.5, 0.6) is 5.75 Å². The summed E-state index contributed by atoms with van der Waals surface area (Å²) in [5, 5.41) is 0. The van der Waals surface area contributed by atoms with E-state index < -0.39 is 0 Å². The van der Waals surface area contributed by atoms with Crippen LogP contribution in [0.15, 0.2) is 12.1 Å². The fourth-order valence-corrected chi connectivity index (χ4v) is 1.95. The zero-order chi connectivity index (χ0) is 9.42. The molecule has 2 heteroatoms. The molecule has 1 heterocycles. The first kappa shape index (κ1) is 8.57. The summed E-state index contributed by atoms with van der Waals surface area (Å²) in [6.07, 6.45) is 1.16. The second-order valence-corrected chi connectivity index (χ2v) is 3.75. The molecule has 2 rings (SSSR count). The van der Waals surface area contributed by atoms with E-state index in [4.69, 9.17) is 10.5 Å². The van der Waals surface area contributed by atoms with Crippen LogP contribution in [0.4, 0.5) is 0 Å². The van der Waals surface area contributed by atoms with Crippen molar-refractivity contribution in [3.63, 3.8) is 0 Å². The van der Waals surface area contributed by atoms with E-state index in [1.165, 1.54) is 16.7 Å². The maximum atomic E-state index is 5.72. The first-order valence-corrected chi connectivity index (χ1v) is 4.67. The van der Waals surface area contributed by atoms with Crippen LogP contribution in [0, 0.1) is 13.8 Å². The third kappa shape index (κ3) is 1.42. The van der Waals surface area contributed by atoms with Crippen molar-refractivity contribution >= 4 is 0 Å². The lowest BCUT2D eigenvalue weighted by atomic mass is 10.0. The van der Waals surface area contributed by atoms with Crippen molar-refractivity contribution in [2.45, 2.75) is 26.4 Å². The Labute approximate surface area is 78.7 Å². The van der Waals surface area contributed by atoms with Crippen LogP contribution in [0.3, 0.4) is 0 Å². The average molecular weight is 177 g/mol. The summed E-state index contributed by atoms with van der Waals surface area (Å²) in [4.78, 5) is 0. The van der Waals surface area contributed by atoms with Gasteiger partial charge in [-0.1, -0.05) is 17.7 Å². The lowest BCUT2D eigenvalue weighted by Crippen LogP contribution is -2.24. The van der Waals surface area contributed by atoms with E-state index in [9.17, 15) is 0 Å². The Morgan fingerprint density at radius 2 is 2.23 bits per heavy atom. The summed E-state index contributed by atoms with van der Waals surface area (Å²) >= 11 is 0. The fourth-order valence-electron chi connectivity index (χ4n) is 1.95. The second kappa shape index (κ2) is 3.04. The molecule has 1 aliphatic rings. The number of aryl methyl sites for hydroxylation is 2. The Morgan fingerprint density at radius 3 is 2.92 bits per heavy atom. The molecule has 0 aromatic heterocycles. The monoisotopic (exact) mass is 177 g/mol. The van der Waals surface area contributed by atoms with E-state index in [1.807, 2.05) is 0 Å². The van der Waals surface area contributed by atoms with Crippen molar-refractivity contribution in [1.29, 1.82) is 0 Å². The number of ether oxygens (including phenoxy) is 1. The van der Waals surface area contributed by atoms with Crippen molar-refractivity contribution in [2.75, 3.05) is 6.54 Å². The minimum Gasteiger partial charge on any atom is -0.488 e. The molecule has 0 fully saturated rings. The van der Waals surface area contributed by atoms with Gasteiger partial charge in [0.05, 0.1) is 0 Å². The van der Waals surface area contributed by atoms with Gasteiger partial charge in [0.15, 0.2) is 0 Å². The number of nitrogens with two attached hydrogens (primary N) is 1. The molecule has 0 bridgehead atoms. The highest BCUT2D eigenvalue weighted by Gasteiger charge is 2.22. The smallest absolute Gasteiger partial charge is 0.126 e. The minimum absolute atomic E-state index is 0.190. The van der Waals surface area contributed by atoms with Crippen LogP contribution in [0.2, 0.25) is 0 Å². The molecule has 1 atom stereocenters. The van der Waals surface area contributed by atoms with Crippen LogP contribution < -0.4 is 10.5 Å². The molecular weight excluding hydrogens is 162 g/mol. The highest BCUT2D eigenvalue weighted by molar-refractivity contribution is 5.46. The van der Waals surface area contributed by atoms with E-state index in [0.29, 0.717) is 6.54 Å². The number of fused-ring (bicyclic) bond motifs is 1. The van der Waals surface area contributed by atoms with Crippen molar-refractivity contribution < 1.29 is 4.74 Å². The molecule has 1 aliphatic heterocycles. The van der Waals surface area contributed by atoms with Crippen molar-refractivity contribution in [1.82, 2.24) is 0 Å². The molecule has 0 radical (unpaired) electrons. The van der Waals surface area contributed by atoms with Gasteiger partial charge in [-0.3, -0.25) is 0 Å². The Hall–Kier alpha value is -1.02. The molecule has 13 heavy (non-hydrogen) atoms. The van der Waals surface area contributed by atoms with Gasteiger partial charge >= 0.3 is 0 Å². The third-order valence-electron chi connectivity index (χ3n) is 2.49. The van der Waals surface area contributed by atoms with Gasteiger partial charge in [0.2, 0.25) is 0 Å². The fraction of sp³-hybridized carbons (Fsp3) is 0.455. The number of hydrogen-bond acceptors (Lipinski definition) is 2. The van der Waals surface area contributed by atoms with Gasteiger partial charge in [0.25, 0.3) is 0 Å². The molecule has 0 aliphatic carbocycles. The SMILES string of the molecule is Cc1cc(C)c2c(c1)CC(CN)O2. The lowest BCUT2D eigenvalue weighted by molar-refractivity contribution is 0.240. The van der Waals surface area contributed by atoms with Crippen LogP contribution in [-0.4, -0.2) is 12.6 Å². The standard InChI is InChI=1S/C11H15NO/c1-7-3-8(2)11-9(4-7)5-10(6-12)13-11/h3-4,10H,5-6,12H2,1-2H3. The molecule has 0 saturated heterocycles. The average Bonchev–Trinajstić information content (AvgIpc) is 2.47. The second-order valence-electron chi connectivity index (χ2n) is 3.75. The highest BCUT2D eigenvalue weighted by atomic mass is 16.5. The predicted octanol–water partition coefficient (Wildman–Crippen LogP) is 1.57. The van der Waals surface area contributed by atoms with Crippen LogP contribution in [0.25, 0.3) is 0 Å². The summed E-state index contributed by atoms with van der Waals surface area (Å²) < 4.78 is 5.72. The zero-order valence-corrected chi connectivity index (χ0v) is 8.13. The van der Waals surface area contributed by atoms with Crippen molar-refractivity contribution in [3.05, 3.63) is 28.8 Å². The normalized spacial score (nSPS) is 19.8. The largest absolute Gasteiger partial charge is 0.488 e. The van der Waals surface area contributed by atoms with E-state index in [-0.39, 0.29) is 6.10 Å². The number of benzene rings is 1. The maximum Gasteiger partial charge on any atom is 0.126 e. The van der Waals surface area contributed by atoms with Crippen LogP contribution in [-0.2, 0) is 6.42 Å². The topological polar surface area (TPSA) is 35.2 Å². The van der Waals surface area contributed by atoms with Gasteiger partial charge in [-0.2, -0.15) is 0 Å². The van der Waals surface area contributed by atoms with E-state index >= 15 is 0 Å². The highest BCUT2D eigenvalue weighted by Crippen LogP contribution is 2.32. The summed E-state index contributed by atoms with van der Waals surface area (Å²) in [7, 11) is 0. The Kier molecular flexibility index (Phi) is 2.00. The molecule has 0 spiro atoms. The van der Waals surface area contributed by atoms with Gasteiger partial charge in [-0.15, -0.1) is 0 Å². The van der Waals surface area contributed by atoms with E-state index in [0.717, 1.165) is 12.2 Å². The summed E-state index contributed by atoms with van der Waals surface area (Å²) in [5.74, 6) is 1.06. The van der Waals surface area contributed by atoms with Gasteiger partial charge in [-0.05, 0) is 25.0 Å². The molecule has 1 aromatic rings. The summed E-state index contributed by atoms with van der Waals surface area (Å²) in [6.45, 7) is 4.81. The van der Waals surface area contributed by atoms with Crippen molar-refractivity contribution in [2.24, 2.45) is 5.73 Å². The molecule has 2 N–H and O–H groups in total. The number of hydrogen-bond donors (Lipinski definition) is 1. The van der Waals surface area contributed by atoms with E-state index in [2.05, 4.69) is 26.0 Å². The summed E-state index contributed by atoms with van der Waals surface area (Å²) in [6, 6.07) is 4.34. The zero-order valence-electron chi connectivity index (χ0n) is 8.13. The van der Waals surface area contributed by atoms with Gasteiger partial charge in [-0.25, -0.2) is 0 Å². The van der Waals surface area contributed by atoms with Gasteiger partial charge < -0.3 is 10.5 Å². The van der Waals surface area contributed by atoms with E-state index in [1.54, 1.807) is 0 Å². The first-order chi connectivity index (χ1) is 6.20.